The van der Waals surface area contributed by atoms with Crippen LogP contribution in [-0.4, -0.2) is 43.1 Å². The van der Waals surface area contributed by atoms with Crippen molar-refractivity contribution in [1.29, 1.82) is 0 Å². The number of rotatable bonds is 4. The van der Waals surface area contributed by atoms with Gasteiger partial charge in [-0.05, 0) is 30.7 Å². The van der Waals surface area contributed by atoms with Gasteiger partial charge in [-0.1, -0.05) is 5.16 Å². The molecule has 1 saturated heterocycles. The summed E-state index contributed by atoms with van der Waals surface area (Å²) < 4.78 is 16.2. The topological polar surface area (TPSA) is 69.4 Å². The normalized spacial score (nSPS) is 18.7. The van der Waals surface area contributed by atoms with Crippen molar-refractivity contribution in [3.8, 4) is 17.1 Å². The van der Waals surface area contributed by atoms with E-state index in [1.807, 2.05) is 25.1 Å². The Hall–Kier alpha value is -1.92. The van der Waals surface area contributed by atoms with E-state index in [0.29, 0.717) is 18.1 Å². The highest BCUT2D eigenvalue weighted by atomic mass is 16.5. The molecule has 3 rings (SSSR count). The van der Waals surface area contributed by atoms with Crippen molar-refractivity contribution >= 4 is 0 Å². The van der Waals surface area contributed by atoms with Crippen molar-refractivity contribution in [3.63, 3.8) is 0 Å². The Labute approximate surface area is 123 Å². The van der Waals surface area contributed by atoms with Crippen LogP contribution in [0.2, 0.25) is 0 Å². The van der Waals surface area contributed by atoms with E-state index in [-0.39, 0.29) is 6.10 Å². The van der Waals surface area contributed by atoms with E-state index < -0.39 is 0 Å². The van der Waals surface area contributed by atoms with Crippen molar-refractivity contribution in [1.82, 2.24) is 15.5 Å². The van der Waals surface area contributed by atoms with E-state index in [0.717, 1.165) is 36.6 Å². The molecule has 1 atom stereocenters. The third-order valence-electron chi connectivity index (χ3n) is 3.53. The lowest BCUT2D eigenvalue weighted by atomic mass is 10.1. The molecule has 1 aromatic carbocycles. The lowest BCUT2D eigenvalue weighted by Crippen LogP contribution is -2.39. The summed E-state index contributed by atoms with van der Waals surface area (Å²) in [5, 5.41) is 7.33. The summed E-state index contributed by atoms with van der Waals surface area (Å²) >= 11 is 0. The molecule has 2 heterocycles. The van der Waals surface area contributed by atoms with Gasteiger partial charge in [-0.3, -0.25) is 0 Å². The maximum Gasteiger partial charge on any atom is 0.229 e. The molecule has 112 valence electrons. The van der Waals surface area contributed by atoms with Crippen molar-refractivity contribution in [3.05, 3.63) is 29.7 Å². The number of hydrogen-bond acceptors (Lipinski definition) is 6. The van der Waals surface area contributed by atoms with E-state index in [9.17, 15) is 0 Å². The van der Waals surface area contributed by atoms with E-state index >= 15 is 0 Å². The molecule has 0 bridgehead atoms. The number of nitrogens with one attached hydrogen (secondary N) is 1. The van der Waals surface area contributed by atoms with Crippen LogP contribution in [0.15, 0.2) is 22.7 Å². The van der Waals surface area contributed by atoms with Crippen LogP contribution in [-0.2, 0) is 11.2 Å². The number of aromatic nitrogens is 2. The Kier molecular flexibility index (Phi) is 4.17. The van der Waals surface area contributed by atoms with Gasteiger partial charge in [0.2, 0.25) is 11.7 Å². The third-order valence-corrected chi connectivity index (χ3v) is 3.53. The standard InChI is InChI=1S/C15H19N3O3/c1-10-7-11(3-4-13(10)19-2)15-17-14(21-18-15)8-12-9-16-5-6-20-12/h3-4,7,12,16H,5-6,8-9H2,1-2H3. The number of nitrogens with zero attached hydrogens (tertiary/aromatic N) is 2. The predicted molar refractivity (Wildman–Crippen MR) is 77.3 cm³/mol. The van der Waals surface area contributed by atoms with Gasteiger partial charge in [0.1, 0.15) is 5.75 Å². The molecule has 0 aliphatic carbocycles. The van der Waals surface area contributed by atoms with Gasteiger partial charge in [-0.15, -0.1) is 0 Å². The van der Waals surface area contributed by atoms with E-state index in [1.165, 1.54) is 0 Å². The smallest absolute Gasteiger partial charge is 0.229 e. The van der Waals surface area contributed by atoms with Crippen LogP contribution in [0.1, 0.15) is 11.5 Å². The highest BCUT2D eigenvalue weighted by Crippen LogP contribution is 2.24. The molecule has 2 aromatic rings. The van der Waals surface area contributed by atoms with Crippen LogP contribution in [0.3, 0.4) is 0 Å². The molecule has 0 spiro atoms. The van der Waals surface area contributed by atoms with E-state index in [1.54, 1.807) is 7.11 Å². The zero-order valence-electron chi connectivity index (χ0n) is 12.3. The fourth-order valence-electron chi connectivity index (χ4n) is 2.42. The highest BCUT2D eigenvalue weighted by Gasteiger charge is 2.18. The van der Waals surface area contributed by atoms with Crippen LogP contribution in [0, 0.1) is 6.92 Å². The van der Waals surface area contributed by atoms with E-state index in [4.69, 9.17) is 14.0 Å². The second-order valence-electron chi connectivity index (χ2n) is 5.10. The molecule has 1 N–H and O–H groups in total. The second-order valence-corrected chi connectivity index (χ2v) is 5.10. The monoisotopic (exact) mass is 289 g/mol. The van der Waals surface area contributed by atoms with Gasteiger partial charge in [0.25, 0.3) is 0 Å². The summed E-state index contributed by atoms with van der Waals surface area (Å²) in [4.78, 5) is 4.44. The minimum Gasteiger partial charge on any atom is -0.496 e. The van der Waals surface area contributed by atoms with Crippen molar-refractivity contribution < 1.29 is 14.0 Å². The number of aryl methyl sites for hydroxylation is 1. The van der Waals surface area contributed by atoms with Gasteiger partial charge in [-0.2, -0.15) is 4.98 Å². The summed E-state index contributed by atoms with van der Waals surface area (Å²) in [6, 6.07) is 5.83. The van der Waals surface area contributed by atoms with Gasteiger partial charge in [0, 0.05) is 18.7 Å². The maximum absolute atomic E-state index is 5.64. The summed E-state index contributed by atoms with van der Waals surface area (Å²) in [7, 11) is 1.66. The Balaban J connectivity index is 1.73. The number of benzene rings is 1. The van der Waals surface area contributed by atoms with Crippen LogP contribution in [0.5, 0.6) is 5.75 Å². The average molecular weight is 289 g/mol. The quantitative estimate of drug-likeness (QED) is 0.921. The fourth-order valence-corrected chi connectivity index (χ4v) is 2.42. The molecule has 0 saturated carbocycles. The summed E-state index contributed by atoms with van der Waals surface area (Å²) in [6.45, 7) is 4.43. The first-order valence-corrected chi connectivity index (χ1v) is 7.06. The molecule has 0 radical (unpaired) electrons. The van der Waals surface area contributed by atoms with Crippen molar-refractivity contribution in [2.75, 3.05) is 26.8 Å². The SMILES string of the molecule is COc1ccc(-c2noc(CC3CNCCO3)n2)cc1C. The minimum absolute atomic E-state index is 0.102. The molecule has 0 amide bonds. The van der Waals surface area contributed by atoms with Gasteiger partial charge >= 0.3 is 0 Å². The Bertz CT molecular complexity index is 606. The summed E-state index contributed by atoms with van der Waals surface area (Å²) in [6.07, 6.45) is 0.736. The van der Waals surface area contributed by atoms with Gasteiger partial charge in [0.05, 0.1) is 26.2 Å². The molecule has 6 nitrogen and oxygen atoms in total. The average Bonchev–Trinajstić information content (AvgIpc) is 2.97. The van der Waals surface area contributed by atoms with Gasteiger partial charge < -0.3 is 19.3 Å². The van der Waals surface area contributed by atoms with Crippen LogP contribution in [0.25, 0.3) is 11.4 Å². The third kappa shape index (κ3) is 3.22. The number of ether oxygens (including phenoxy) is 2. The number of hydrogen-bond donors (Lipinski definition) is 1. The van der Waals surface area contributed by atoms with Crippen molar-refractivity contribution in [2.24, 2.45) is 0 Å². The van der Waals surface area contributed by atoms with Crippen LogP contribution < -0.4 is 10.1 Å². The largest absolute Gasteiger partial charge is 0.496 e. The maximum atomic E-state index is 5.64. The molecule has 1 fully saturated rings. The fraction of sp³-hybridized carbons (Fsp3) is 0.467. The molecule has 1 unspecified atom stereocenters. The Morgan fingerprint density at radius 3 is 3.05 bits per heavy atom. The van der Waals surface area contributed by atoms with Crippen LogP contribution >= 0.6 is 0 Å². The first-order valence-electron chi connectivity index (χ1n) is 7.06. The molecule has 21 heavy (non-hydrogen) atoms. The van der Waals surface area contributed by atoms with Gasteiger partial charge in [0.15, 0.2) is 0 Å². The molecule has 1 aliphatic rings. The molecule has 1 aliphatic heterocycles. The molecule has 6 heteroatoms. The van der Waals surface area contributed by atoms with E-state index in [2.05, 4.69) is 15.5 Å². The zero-order valence-corrected chi connectivity index (χ0v) is 12.3. The lowest BCUT2D eigenvalue weighted by molar-refractivity contribution is 0.0246. The Morgan fingerprint density at radius 1 is 1.43 bits per heavy atom. The molecular formula is C15H19N3O3. The number of methoxy groups -OCH3 is 1. The zero-order chi connectivity index (χ0) is 14.7. The number of morpholine rings is 1. The van der Waals surface area contributed by atoms with Gasteiger partial charge in [-0.25, -0.2) is 0 Å². The van der Waals surface area contributed by atoms with Crippen molar-refractivity contribution in [2.45, 2.75) is 19.4 Å². The predicted octanol–water partition coefficient (Wildman–Crippen LogP) is 1.58. The highest BCUT2D eigenvalue weighted by molar-refractivity contribution is 5.58. The second kappa shape index (κ2) is 6.24. The Morgan fingerprint density at radius 2 is 2.33 bits per heavy atom. The first-order chi connectivity index (χ1) is 10.3. The summed E-state index contributed by atoms with van der Waals surface area (Å²) in [5.74, 6) is 2.05. The minimum atomic E-state index is 0.102. The first kappa shape index (κ1) is 14.0. The molecule has 1 aromatic heterocycles. The summed E-state index contributed by atoms with van der Waals surface area (Å²) in [5.41, 5.74) is 1.96. The van der Waals surface area contributed by atoms with Crippen LogP contribution in [0.4, 0.5) is 0 Å². The lowest BCUT2D eigenvalue weighted by Gasteiger charge is -2.21. The molecular weight excluding hydrogens is 270 g/mol.